The van der Waals surface area contributed by atoms with Crippen LogP contribution in [0.25, 0.3) is 0 Å². The molecular formula is C30H56N2O4. The molecular weight excluding hydrogens is 452 g/mol. The highest BCUT2D eigenvalue weighted by Gasteiger charge is 2.49. The second kappa shape index (κ2) is 9.87. The lowest BCUT2D eigenvalue weighted by Gasteiger charge is -2.53. The van der Waals surface area contributed by atoms with Gasteiger partial charge in [-0.05, 0) is 103 Å². The molecule has 0 aromatic rings. The first kappa shape index (κ1) is 31.1. The average Bonchev–Trinajstić information content (AvgIpc) is 2.68. The summed E-state index contributed by atoms with van der Waals surface area (Å²) in [6, 6.07) is 0. The van der Waals surface area contributed by atoms with E-state index < -0.39 is 10.8 Å². The maximum Gasteiger partial charge on any atom is 0.312 e. The van der Waals surface area contributed by atoms with Crippen LogP contribution in [0.15, 0.2) is 0 Å². The number of carbonyl (C=O) groups is 2. The summed E-state index contributed by atoms with van der Waals surface area (Å²) < 4.78 is 12.3. The van der Waals surface area contributed by atoms with Crippen molar-refractivity contribution in [1.29, 1.82) is 0 Å². The molecule has 1 atom stereocenters. The summed E-state index contributed by atoms with van der Waals surface area (Å²) >= 11 is 0. The summed E-state index contributed by atoms with van der Waals surface area (Å²) in [7, 11) is 4.29. The molecule has 0 bridgehead atoms. The molecule has 6 nitrogen and oxygen atoms in total. The van der Waals surface area contributed by atoms with Gasteiger partial charge < -0.3 is 9.47 Å². The third kappa shape index (κ3) is 6.46. The van der Waals surface area contributed by atoms with Gasteiger partial charge in [0.05, 0.1) is 10.8 Å². The molecule has 0 aromatic heterocycles. The second-order valence-corrected chi connectivity index (χ2v) is 15.2. The molecule has 2 aliphatic rings. The van der Waals surface area contributed by atoms with Crippen LogP contribution in [-0.2, 0) is 19.1 Å². The first-order valence-electron chi connectivity index (χ1n) is 13.9. The van der Waals surface area contributed by atoms with Crippen molar-refractivity contribution >= 4 is 11.9 Å². The molecule has 2 aliphatic heterocycles. The number of piperidine rings is 2. The number of ether oxygens (including phenoxy) is 2. The molecule has 36 heavy (non-hydrogen) atoms. The predicted molar refractivity (Wildman–Crippen MR) is 147 cm³/mol. The molecule has 1 unspecified atom stereocenters. The monoisotopic (exact) mass is 508 g/mol. The Hall–Kier alpha value is -1.14. The summed E-state index contributed by atoms with van der Waals surface area (Å²) in [4.78, 5) is 31.8. The van der Waals surface area contributed by atoms with Crippen LogP contribution in [-0.4, -0.2) is 70.2 Å². The van der Waals surface area contributed by atoms with Crippen LogP contribution in [0, 0.1) is 10.8 Å². The molecule has 2 saturated heterocycles. The average molecular weight is 509 g/mol. The first-order chi connectivity index (χ1) is 16.0. The standard InChI is InChI=1S/C30H56N2O4/c1-15-30(12,24(34)36-22-18-28(8,9)32(14)29(10,11)19-22)20-25(2,3)23(33)35-21-16-26(4,5)31(13)27(6,7)17-21/h21-22H,15-20H2,1-14H3. The maximum absolute atomic E-state index is 13.6. The lowest BCUT2D eigenvalue weighted by molar-refractivity contribution is -0.177. The van der Waals surface area contributed by atoms with Crippen molar-refractivity contribution in [3.05, 3.63) is 0 Å². The highest BCUT2D eigenvalue weighted by atomic mass is 16.6. The molecule has 0 radical (unpaired) electrons. The molecule has 0 saturated carbocycles. The Morgan fingerprint density at radius 2 is 1.00 bits per heavy atom. The van der Waals surface area contributed by atoms with Crippen molar-refractivity contribution in [3.8, 4) is 0 Å². The Morgan fingerprint density at radius 3 is 1.31 bits per heavy atom. The largest absolute Gasteiger partial charge is 0.462 e. The van der Waals surface area contributed by atoms with Gasteiger partial charge in [0.25, 0.3) is 0 Å². The zero-order valence-electron chi connectivity index (χ0n) is 25.9. The molecule has 2 rings (SSSR count). The van der Waals surface area contributed by atoms with E-state index in [0.717, 1.165) is 25.7 Å². The Bertz CT molecular complexity index is 793. The van der Waals surface area contributed by atoms with Gasteiger partial charge in [0, 0.05) is 47.8 Å². The first-order valence-corrected chi connectivity index (χ1v) is 13.9. The molecule has 210 valence electrons. The summed E-state index contributed by atoms with van der Waals surface area (Å²) in [6.45, 7) is 25.4. The third-order valence-electron chi connectivity index (χ3n) is 9.75. The van der Waals surface area contributed by atoms with Crippen LogP contribution in [0.3, 0.4) is 0 Å². The molecule has 2 heterocycles. The number of hydrogen-bond donors (Lipinski definition) is 0. The van der Waals surface area contributed by atoms with Gasteiger partial charge in [0.2, 0.25) is 0 Å². The van der Waals surface area contributed by atoms with Gasteiger partial charge in [-0.3, -0.25) is 19.4 Å². The van der Waals surface area contributed by atoms with E-state index in [1.54, 1.807) is 0 Å². The Morgan fingerprint density at radius 1 is 0.694 bits per heavy atom. The minimum absolute atomic E-state index is 0.0613. The van der Waals surface area contributed by atoms with E-state index in [-0.39, 0.29) is 46.3 Å². The Kier molecular flexibility index (Phi) is 8.52. The molecule has 2 fully saturated rings. The van der Waals surface area contributed by atoms with Crippen molar-refractivity contribution in [2.45, 2.75) is 156 Å². The molecule has 6 heteroatoms. The van der Waals surface area contributed by atoms with E-state index in [1.807, 2.05) is 27.7 Å². The maximum atomic E-state index is 13.6. The van der Waals surface area contributed by atoms with Gasteiger partial charge in [0.1, 0.15) is 12.2 Å². The summed E-state index contributed by atoms with van der Waals surface area (Å²) in [5.41, 5.74) is -1.80. The minimum atomic E-state index is -0.799. The van der Waals surface area contributed by atoms with Crippen LogP contribution in [0.2, 0.25) is 0 Å². The van der Waals surface area contributed by atoms with Crippen LogP contribution >= 0.6 is 0 Å². The number of likely N-dealkylation sites (tertiary alicyclic amines) is 2. The number of nitrogens with zero attached hydrogens (tertiary/aromatic N) is 2. The normalized spacial score (nSPS) is 26.7. The molecule has 0 amide bonds. The van der Waals surface area contributed by atoms with E-state index in [2.05, 4.69) is 79.3 Å². The zero-order chi connectivity index (χ0) is 28.1. The quantitative estimate of drug-likeness (QED) is 0.381. The number of esters is 2. The van der Waals surface area contributed by atoms with Crippen molar-refractivity contribution < 1.29 is 19.1 Å². The molecule has 0 spiro atoms. The van der Waals surface area contributed by atoms with Crippen LogP contribution in [0.5, 0.6) is 0 Å². The Balaban J connectivity index is 2.12. The smallest absolute Gasteiger partial charge is 0.312 e. The van der Waals surface area contributed by atoms with Gasteiger partial charge >= 0.3 is 11.9 Å². The van der Waals surface area contributed by atoms with E-state index in [1.165, 1.54) is 0 Å². The fourth-order valence-electron chi connectivity index (χ4n) is 6.72. The van der Waals surface area contributed by atoms with Crippen molar-refractivity contribution in [2.24, 2.45) is 10.8 Å². The number of rotatable bonds is 7. The number of carbonyl (C=O) groups excluding carboxylic acids is 2. The fraction of sp³-hybridized carbons (Fsp3) is 0.933. The van der Waals surface area contributed by atoms with Crippen molar-refractivity contribution in [1.82, 2.24) is 9.80 Å². The van der Waals surface area contributed by atoms with Crippen molar-refractivity contribution in [3.63, 3.8) is 0 Å². The summed E-state index contributed by atoms with van der Waals surface area (Å²) in [5, 5.41) is 0. The topological polar surface area (TPSA) is 59.1 Å². The Labute approximate surface area is 221 Å². The predicted octanol–water partition coefficient (Wildman–Crippen LogP) is 6.21. The SMILES string of the molecule is CCC(C)(CC(C)(C)C(=O)OC1CC(C)(C)N(C)C(C)(C)C1)C(=O)OC1CC(C)(C)N(C)C(C)(C)C1. The van der Waals surface area contributed by atoms with Crippen molar-refractivity contribution in [2.75, 3.05) is 14.1 Å². The zero-order valence-corrected chi connectivity index (χ0v) is 25.9. The van der Waals surface area contributed by atoms with Crippen LogP contribution < -0.4 is 0 Å². The number of hydrogen-bond acceptors (Lipinski definition) is 6. The van der Waals surface area contributed by atoms with Crippen LogP contribution in [0.1, 0.15) is 122 Å². The fourth-order valence-corrected chi connectivity index (χ4v) is 6.72. The van der Waals surface area contributed by atoms with E-state index in [9.17, 15) is 9.59 Å². The van der Waals surface area contributed by atoms with E-state index in [0.29, 0.717) is 12.8 Å². The van der Waals surface area contributed by atoms with Gasteiger partial charge in [0.15, 0.2) is 0 Å². The third-order valence-corrected chi connectivity index (χ3v) is 9.75. The van der Waals surface area contributed by atoms with E-state index >= 15 is 0 Å². The second-order valence-electron chi connectivity index (χ2n) is 15.2. The summed E-state index contributed by atoms with van der Waals surface area (Å²) in [5.74, 6) is -0.425. The van der Waals surface area contributed by atoms with Gasteiger partial charge in [-0.1, -0.05) is 6.92 Å². The molecule has 0 N–H and O–H groups in total. The summed E-state index contributed by atoms with van der Waals surface area (Å²) in [6.07, 6.45) is 3.91. The lowest BCUT2D eigenvalue weighted by atomic mass is 9.72. The lowest BCUT2D eigenvalue weighted by Crippen LogP contribution is -2.60. The molecule has 0 aliphatic carbocycles. The van der Waals surface area contributed by atoms with Gasteiger partial charge in [-0.25, -0.2) is 0 Å². The van der Waals surface area contributed by atoms with Crippen LogP contribution in [0.4, 0.5) is 0 Å². The van der Waals surface area contributed by atoms with Gasteiger partial charge in [-0.2, -0.15) is 0 Å². The van der Waals surface area contributed by atoms with Gasteiger partial charge in [-0.15, -0.1) is 0 Å². The van der Waals surface area contributed by atoms with E-state index in [4.69, 9.17) is 9.47 Å². The molecule has 0 aromatic carbocycles. The minimum Gasteiger partial charge on any atom is -0.462 e. The highest BCUT2D eigenvalue weighted by molar-refractivity contribution is 5.80. The highest BCUT2D eigenvalue weighted by Crippen LogP contribution is 2.43.